The highest BCUT2D eigenvalue weighted by Gasteiger charge is 2.17. The largest absolute Gasteiger partial charge is 0.462 e. The first-order chi connectivity index (χ1) is 8.24. The summed E-state index contributed by atoms with van der Waals surface area (Å²) in [5, 5.41) is 4.28. The van der Waals surface area contributed by atoms with Gasteiger partial charge in [0.2, 0.25) is 0 Å². The Balaban J connectivity index is 2.37. The molecule has 5 nitrogen and oxygen atoms in total. The normalized spacial score (nSPS) is 10.2. The molecule has 0 aliphatic carbocycles. The van der Waals surface area contributed by atoms with Crippen molar-refractivity contribution in [2.75, 3.05) is 6.61 Å². The highest BCUT2D eigenvalue weighted by molar-refractivity contribution is 6.32. The topological polar surface area (TPSA) is 57.0 Å². The molecule has 0 spiro atoms. The van der Waals surface area contributed by atoms with E-state index in [1.54, 1.807) is 31.5 Å². The molecule has 0 aromatic carbocycles. The monoisotopic (exact) mass is 251 g/mol. The minimum atomic E-state index is -0.474. The Labute approximate surface area is 103 Å². The van der Waals surface area contributed by atoms with Crippen molar-refractivity contribution in [3.8, 4) is 5.69 Å². The molecular formula is C11H10ClN3O2. The first-order valence-electron chi connectivity index (χ1n) is 5.05. The summed E-state index contributed by atoms with van der Waals surface area (Å²) in [5.41, 5.74) is 0.992. The lowest BCUT2D eigenvalue weighted by Crippen LogP contribution is -2.04. The number of aromatic nitrogens is 3. The zero-order valence-electron chi connectivity index (χ0n) is 9.13. The van der Waals surface area contributed by atoms with Crippen LogP contribution in [0, 0.1) is 0 Å². The van der Waals surface area contributed by atoms with Crippen LogP contribution >= 0.6 is 11.6 Å². The van der Waals surface area contributed by atoms with Crippen LogP contribution in [0.1, 0.15) is 17.3 Å². The zero-order chi connectivity index (χ0) is 12.3. The van der Waals surface area contributed by atoms with Crippen molar-refractivity contribution in [1.82, 2.24) is 14.8 Å². The Hall–Kier alpha value is -1.88. The number of carbonyl (C=O) groups is 1. The predicted octanol–water partition coefficient (Wildman–Crippen LogP) is 2.10. The lowest BCUT2D eigenvalue weighted by atomic mass is 10.3. The van der Waals surface area contributed by atoms with Gasteiger partial charge in [-0.2, -0.15) is 5.10 Å². The Morgan fingerprint density at radius 1 is 1.47 bits per heavy atom. The minimum absolute atomic E-state index is 0.231. The maximum Gasteiger partial charge on any atom is 0.342 e. The van der Waals surface area contributed by atoms with Gasteiger partial charge in [-0.3, -0.25) is 4.98 Å². The standard InChI is InChI=1S/C11H10ClN3O2/c1-2-17-11(16)9-7-14-15(10(9)12)8-3-5-13-6-4-8/h3-7H,2H2,1H3. The fourth-order valence-corrected chi connectivity index (χ4v) is 1.61. The Bertz CT molecular complexity index is 525. The molecule has 2 aromatic heterocycles. The number of halogens is 1. The van der Waals surface area contributed by atoms with E-state index in [0.717, 1.165) is 5.69 Å². The van der Waals surface area contributed by atoms with E-state index >= 15 is 0 Å². The third-order valence-electron chi connectivity index (χ3n) is 2.11. The van der Waals surface area contributed by atoms with E-state index in [1.165, 1.54) is 10.9 Å². The van der Waals surface area contributed by atoms with E-state index in [-0.39, 0.29) is 10.7 Å². The van der Waals surface area contributed by atoms with Gasteiger partial charge in [-0.1, -0.05) is 11.6 Å². The van der Waals surface area contributed by atoms with Crippen molar-refractivity contribution < 1.29 is 9.53 Å². The van der Waals surface area contributed by atoms with Crippen molar-refractivity contribution >= 4 is 17.6 Å². The Morgan fingerprint density at radius 2 is 2.18 bits per heavy atom. The van der Waals surface area contributed by atoms with Gasteiger partial charge in [0, 0.05) is 12.4 Å². The van der Waals surface area contributed by atoms with E-state index in [2.05, 4.69) is 10.1 Å². The third-order valence-corrected chi connectivity index (χ3v) is 2.48. The average Bonchev–Trinajstić information content (AvgIpc) is 2.72. The summed E-state index contributed by atoms with van der Waals surface area (Å²) in [6.45, 7) is 2.04. The smallest absolute Gasteiger partial charge is 0.342 e. The molecule has 2 rings (SSSR count). The Kier molecular flexibility index (Phi) is 3.39. The summed E-state index contributed by atoms with van der Waals surface area (Å²) < 4.78 is 6.32. The molecular weight excluding hydrogens is 242 g/mol. The van der Waals surface area contributed by atoms with Crippen molar-refractivity contribution in [1.29, 1.82) is 0 Å². The molecule has 0 saturated heterocycles. The molecule has 2 heterocycles. The molecule has 0 radical (unpaired) electrons. The molecule has 0 fully saturated rings. The van der Waals surface area contributed by atoms with E-state index < -0.39 is 5.97 Å². The van der Waals surface area contributed by atoms with Crippen LogP contribution in [0.15, 0.2) is 30.7 Å². The Morgan fingerprint density at radius 3 is 2.82 bits per heavy atom. The maximum atomic E-state index is 11.5. The lowest BCUT2D eigenvalue weighted by molar-refractivity contribution is 0.0526. The number of nitrogens with zero attached hydrogens (tertiary/aromatic N) is 3. The summed E-state index contributed by atoms with van der Waals surface area (Å²) >= 11 is 6.07. The summed E-state index contributed by atoms with van der Waals surface area (Å²) in [4.78, 5) is 15.4. The van der Waals surface area contributed by atoms with Gasteiger partial charge in [0.25, 0.3) is 0 Å². The van der Waals surface area contributed by atoms with Gasteiger partial charge in [0.1, 0.15) is 10.7 Å². The van der Waals surface area contributed by atoms with Gasteiger partial charge in [-0.15, -0.1) is 0 Å². The number of hydrogen-bond donors (Lipinski definition) is 0. The quantitative estimate of drug-likeness (QED) is 0.784. The van der Waals surface area contributed by atoms with Crippen molar-refractivity contribution in [2.24, 2.45) is 0 Å². The van der Waals surface area contributed by atoms with Gasteiger partial charge in [0.05, 0.1) is 18.5 Å². The predicted molar refractivity (Wildman–Crippen MR) is 62.3 cm³/mol. The van der Waals surface area contributed by atoms with Gasteiger partial charge in [0.15, 0.2) is 0 Å². The molecule has 0 unspecified atom stereocenters. The van der Waals surface area contributed by atoms with Crippen LogP contribution in [-0.4, -0.2) is 27.3 Å². The van der Waals surface area contributed by atoms with E-state index in [0.29, 0.717) is 6.61 Å². The molecule has 0 saturated carbocycles. The van der Waals surface area contributed by atoms with Crippen LogP contribution in [0.2, 0.25) is 5.15 Å². The molecule has 0 bridgehead atoms. The summed E-state index contributed by atoms with van der Waals surface area (Å²) in [5.74, 6) is -0.474. The second-order valence-corrected chi connectivity index (χ2v) is 3.54. The van der Waals surface area contributed by atoms with Gasteiger partial charge in [-0.25, -0.2) is 9.48 Å². The number of pyridine rings is 1. The third kappa shape index (κ3) is 2.29. The molecule has 0 amide bonds. The molecule has 88 valence electrons. The van der Waals surface area contributed by atoms with Gasteiger partial charge >= 0.3 is 5.97 Å². The van der Waals surface area contributed by atoms with Gasteiger partial charge in [-0.05, 0) is 19.1 Å². The van der Waals surface area contributed by atoms with E-state index in [9.17, 15) is 4.79 Å². The highest BCUT2D eigenvalue weighted by Crippen LogP contribution is 2.20. The number of ether oxygens (including phenoxy) is 1. The van der Waals surface area contributed by atoms with Gasteiger partial charge < -0.3 is 4.74 Å². The molecule has 6 heteroatoms. The number of carbonyl (C=O) groups excluding carboxylic acids is 1. The summed E-state index contributed by atoms with van der Waals surface area (Å²) in [7, 11) is 0. The highest BCUT2D eigenvalue weighted by atomic mass is 35.5. The van der Waals surface area contributed by atoms with Crippen LogP contribution < -0.4 is 0 Å². The van der Waals surface area contributed by atoms with Crippen LogP contribution in [0.5, 0.6) is 0 Å². The molecule has 0 aliphatic rings. The fourth-order valence-electron chi connectivity index (χ4n) is 1.34. The SMILES string of the molecule is CCOC(=O)c1cnn(-c2ccncc2)c1Cl. The first-order valence-corrected chi connectivity index (χ1v) is 5.43. The van der Waals surface area contributed by atoms with Crippen LogP contribution in [0.4, 0.5) is 0 Å². The second-order valence-electron chi connectivity index (χ2n) is 3.19. The van der Waals surface area contributed by atoms with Crippen molar-refractivity contribution in [3.05, 3.63) is 41.4 Å². The number of rotatable bonds is 3. The van der Waals surface area contributed by atoms with E-state index in [1.807, 2.05) is 0 Å². The molecule has 2 aromatic rings. The summed E-state index contributed by atoms with van der Waals surface area (Å²) in [6.07, 6.45) is 4.63. The maximum absolute atomic E-state index is 11.5. The zero-order valence-corrected chi connectivity index (χ0v) is 9.89. The summed E-state index contributed by atoms with van der Waals surface area (Å²) in [6, 6.07) is 3.49. The van der Waals surface area contributed by atoms with Crippen molar-refractivity contribution in [2.45, 2.75) is 6.92 Å². The van der Waals surface area contributed by atoms with Crippen LogP contribution in [0.25, 0.3) is 5.69 Å². The molecule has 0 atom stereocenters. The molecule has 0 N–H and O–H groups in total. The van der Waals surface area contributed by atoms with Crippen molar-refractivity contribution in [3.63, 3.8) is 0 Å². The second kappa shape index (κ2) is 4.97. The number of esters is 1. The molecule has 17 heavy (non-hydrogen) atoms. The minimum Gasteiger partial charge on any atom is -0.462 e. The van der Waals surface area contributed by atoms with Crippen LogP contribution in [0.3, 0.4) is 0 Å². The lowest BCUT2D eigenvalue weighted by Gasteiger charge is -2.02. The first kappa shape index (κ1) is 11.6. The molecule has 0 aliphatic heterocycles. The fraction of sp³-hybridized carbons (Fsp3) is 0.182. The average molecular weight is 252 g/mol. The number of hydrogen-bond acceptors (Lipinski definition) is 4. The van der Waals surface area contributed by atoms with E-state index in [4.69, 9.17) is 16.3 Å². The van der Waals surface area contributed by atoms with Crippen LogP contribution in [-0.2, 0) is 4.74 Å².